The summed E-state index contributed by atoms with van der Waals surface area (Å²) in [5.41, 5.74) is 6.39. The van der Waals surface area contributed by atoms with Gasteiger partial charge >= 0.3 is 5.97 Å². The zero-order chi connectivity index (χ0) is 11.5. The highest BCUT2D eigenvalue weighted by Gasteiger charge is 2.26. The fourth-order valence-electron chi connectivity index (χ4n) is 1.60. The number of thioether (sulfide) groups is 1. The molecule has 1 atom stereocenters. The SMILES string of the molecule is NCC(C(=O)O)c1ccccc1SC1CC1. The van der Waals surface area contributed by atoms with Crippen LogP contribution in [0, 0.1) is 0 Å². The van der Waals surface area contributed by atoms with Crippen molar-refractivity contribution in [3.63, 3.8) is 0 Å². The van der Waals surface area contributed by atoms with E-state index >= 15 is 0 Å². The van der Waals surface area contributed by atoms with Crippen molar-refractivity contribution in [2.45, 2.75) is 28.9 Å². The van der Waals surface area contributed by atoms with Gasteiger partial charge in [-0.05, 0) is 24.5 Å². The van der Waals surface area contributed by atoms with E-state index in [-0.39, 0.29) is 6.54 Å². The summed E-state index contributed by atoms with van der Waals surface area (Å²) >= 11 is 1.78. The lowest BCUT2D eigenvalue weighted by molar-refractivity contribution is -0.138. The molecular weight excluding hydrogens is 222 g/mol. The van der Waals surface area contributed by atoms with E-state index < -0.39 is 11.9 Å². The van der Waals surface area contributed by atoms with E-state index in [1.165, 1.54) is 12.8 Å². The minimum atomic E-state index is -0.841. The van der Waals surface area contributed by atoms with Gasteiger partial charge < -0.3 is 10.8 Å². The number of aliphatic carboxylic acids is 1. The maximum Gasteiger partial charge on any atom is 0.312 e. The average molecular weight is 237 g/mol. The van der Waals surface area contributed by atoms with E-state index in [2.05, 4.69) is 0 Å². The zero-order valence-electron chi connectivity index (χ0n) is 8.93. The Morgan fingerprint density at radius 1 is 1.50 bits per heavy atom. The van der Waals surface area contributed by atoms with Crippen molar-refractivity contribution in [2.24, 2.45) is 5.73 Å². The molecule has 0 radical (unpaired) electrons. The normalized spacial score (nSPS) is 17.1. The molecular formula is C12H15NO2S. The first-order chi connectivity index (χ1) is 7.72. The first kappa shape index (κ1) is 11.5. The molecule has 86 valence electrons. The van der Waals surface area contributed by atoms with Crippen molar-refractivity contribution >= 4 is 17.7 Å². The molecule has 3 nitrogen and oxygen atoms in total. The number of rotatable bonds is 5. The standard InChI is InChI=1S/C12H15NO2S/c13-7-10(12(14)15)9-3-1-2-4-11(9)16-8-5-6-8/h1-4,8,10H,5-7,13H2,(H,14,15). The maximum atomic E-state index is 11.1. The molecule has 2 rings (SSSR count). The fourth-order valence-corrected chi connectivity index (χ4v) is 2.84. The molecule has 16 heavy (non-hydrogen) atoms. The number of benzene rings is 1. The van der Waals surface area contributed by atoms with E-state index in [0.29, 0.717) is 5.25 Å². The molecule has 1 aliphatic rings. The lowest BCUT2D eigenvalue weighted by atomic mass is 10.00. The minimum absolute atomic E-state index is 0.150. The van der Waals surface area contributed by atoms with Gasteiger partial charge in [0.05, 0.1) is 5.92 Å². The predicted molar refractivity (Wildman–Crippen MR) is 64.8 cm³/mol. The van der Waals surface area contributed by atoms with E-state index in [1.807, 2.05) is 24.3 Å². The quantitative estimate of drug-likeness (QED) is 0.823. The van der Waals surface area contributed by atoms with Crippen molar-refractivity contribution in [3.05, 3.63) is 29.8 Å². The summed E-state index contributed by atoms with van der Waals surface area (Å²) < 4.78 is 0. The van der Waals surface area contributed by atoms with Gasteiger partial charge in [-0.3, -0.25) is 4.79 Å². The molecule has 0 heterocycles. The largest absolute Gasteiger partial charge is 0.481 e. The van der Waals surface area contributed by atoms with Gasteiger partial charge in [-0.15, -0.1) is 11.8 Å². The zero-order valence-corrected chi connectivity index (χ0v) is 9.74. The summed E-state index contributed by atoms with van der Waals surface area (Å²) in [5, 5.41) is 9.79. The minimum Gasteiger partial charge on any atom is -0.481 e. The number of hydrogen-bond acceptors (Lipinski definition) is 3. The van der Waals surface area contributed by atoms with Crippen LogP contribution in [0.3, 0.4) is 0 Å². The van der Waals surface area contributed by atoms with Gasteiger partial charge in [-0.2, -0.15) is 0 Å². The van der Waals surface area contributed by atoms with Crippen LogP contribution in [0.25, 0.3) is 0 Å². The number of carboxylic acids is 1. The van der Waals surface area contributed by atoms with Crippen LogP contribution < -0.4 is 5.73 Å². The van der Waals surface area contributed by atoms with Gasteiger partial charge in [-0.25, -0.2) is 0 Å². The van der Waals surface area contributed by atoms with Crippen LogP contribution in [0.1, 0.15) is 24.3 Å². The average Bonchev–Trinajstić information content (AvgIpc) is 3.05. The Labute approximate surface area is 99.0 Å². The van der Waals surface area contributed by atoms with Crippen molar-refractivity contribution in [3.8, 4) is 0 Å². The third-order valence-electron chi connectivity index (χ3n) is 2.65. The molecule has 0 spiro atoms. The van der Waals surface area contributed by atoms with Gasteiger partial charge in [-0.1, -0.05) is 18.2 Å². The molecule has 1 aromatic carbocycles. The Hall–Kier alpha value is -1.00. The Morgan fingerprint density at radius 3 is 2.75 bits per heavy atom. The topological polar surface area (TPSA) is 63.3 Å². The summed E-state index contributed by atoms with van der Waals surface area (Å²) in [7, 11) is 0. The molecule has 1 aliphatic carbocycles. The summed E-state index contributed by atoms with van der Waals surface area (Å²) in [6.45, 7) is 0.150. The number of nitrogens with two attached hydrogens (primary N) is 1. The number of carbonyl (C=O) groups is 1. The Balaban J connectivity index is 2.25. The molecule has 1 unspecified atom stereocenters. The smallest absolute Gasteiger partial charge is 0.312 e. The first-order valence-corrected chi connectivity index (χ1v) is 6.28. The van der Waals surface area contributed by atoms with Crippen LogP contribution in [0.2, 0.25) is 0 Å². The van der Waals surface area contributed by atoms with Gasteiger partial charge in [0.2, 0.25) is 0 Å². The van der Waals surface area contributed by atoms with Crippen molar-refractivity contribution in [2.75, 3.05) is 6.54 Å². The van der Waals surface area contributed by atoms with E-state index in [1.54, 1.807) is 11.8 Å². The lowest BCUT2D eigenvalue weighted by Crippen LogP contribution is -2.21. The molecule has 0 saturated heterocycles. The molecule has 1 saturated carbocycles. The summed E-state index contributed by atoms with van der Waals surface area (Å²) in [5.74, 6) is -1.42. The Kier molecular flexibility index (Phi) is 3.51. The highest BCUT2D eigenvalue weighted by atomic mass is 32.2. The van der Waals surface area contributed by atoms with Crippen molar-refractivity contribution in [1.29, 1.82) is 0 Å². The third kappa shape index (κ3) is 2.57. The second-order valence-corrected chi connectivity index (χ2v) is 5.32. The van der Waals surface area contributed by atoms with Gasteiger partial charge in [0.1, 0.15) is 0 Å². The highest BCUT2D eigenvalue weighted by Crippen LogP contribution is 2.41. The maximum absolute atomic E-state index is 11.1. The molecule has 1 fully saturated rings. The molecule has 0 amide bonds. The van der Waals surface area contributed by atoms with E-state index in [9.17, 15) is 4.79 Å². The van der Waals surface area contributed by atoms with Crippen LogP contribution in [0.15, 0.2) is 29.2 Å². The second-order valence-electron chi connectivity index (χ2n) is 3.98. The Bertz CT molecular complexity index is 390. The van der Waals surface area contributed by atoms with Crippen molar-refractivity contribution in [1.82, 2.24) is 0 Å². The molecule has 3 N–H and O–H groups in total. The van der Waals surface area contributed by atoms with Crippen LogP contribution in [-0.4, -0.2) is 22.9 Å². The first-order valence-electron chi connectivity index (χ1n) is 5.41. The third-order valence-corrected chi connectivity index (χ3v) is 4.08. The predicted octanol–water partition coefficient (Wildman–Crippen LogP) is 2.07. The van der Waals surface area contributed by atoms with Gasteiger partial charge in [0.25, 0.3) is 0 Å². The van der Waals surface area contributed by atoms with E-state index in [4.69, 9.17) is 10.8 Å². The lowest BCUT2D eigenvalue weighted by Gasteiger charge is -2.14. The van der Waals surface area contributed by atoms with Gasteiger partial charge in [0.15, 0.2) is 0 Å². The van der Waals surface area contributed by atoms with Crippen LogP contribution in [-0.2, 0) is 4.79 Å². The summed E-state index contributed by atoms with van der Waals surface area (Å²) in [6, 6.07) is 7.68. The fraction of sp³-hybridized carbons (Fsp3) is 0.417. The molecule has 1 aromatic rings. The van der Waals surface area contributed by atoms with E-state index in [0.717, 1.165) is 10.5 Å². The summed E-state index contributed by atoms with van der Waals surface area (Å²) in [4.78, 5) is 12.2. The van der Waals surface area contributed by atoms with Crippen LogP contribution >= 0.6 is 11.8 Å². The molecule has 0 bridgehead atoms. The molecule has 0 aromatic heterocycles. The van der Waals surface area contributed by atoms with Gasteiger partial charge in [0, 0.05) is 16.7 Å². The number of hydrogen-bond donors (Lipinski definition) is 2. The second kappa shape index (κ2) is 4.89. The van der Waals surface area contributed by atoms with Crippen LogP contribution in [0.5, 0.6) is 0 Å². The highest BCUT2D eigenvalue weighted by molar-refractivity contribution is 8.00. The van der Waals surface area contributed by atoms with Crippen molar-refractivity contribution < 1.29 is 9.90 Å². The molecule has 0 aliphatic heterocycles. The summed E-state index contributed by atoms with van der Waals surface area (Å²) in [6.07, 6.45) is 2.47. The van der Waals surface area contributed by atoms with Crippen LogP contribution in [0.4, 0.5) is 0 Å². The molecule has 4 heteroatoms. The Morgan fingerprint density at radius 2 is 2.19 bits per heavy atom. The number of carboxylic acid groups (broad SMARTS) is 1. The monoisotopic (exact) mass is 237 g/mol.